The standard InChI is InChI=1S/C21H26N2O2/c1-3-20(17-9-8-15-6-4-5-7-16(15)14-17)23-21(24)22-18-10-12-19(25-2)13-11-18/h8-14,20H,3-7H2,1-2H3,(H2,22,23,24). The van der Waals surface area contributed by atoms with Gasteiger partial charge in [0, 0.05) is 5.69 Å². The van der Waals surface area contributed by atoms with Crippen molar-refractivity contribution in [1.29, 1.82) is 0 Å². The molecule has 2 amide bonds. The van der Waals surface area contributed by atoms with E-state index in [1.807, 2.05) is 24.3 Å². The average Bonchev–Trinajstić information content (AvgIpc) is 2.66. The number of benzene rings is 2. The number of carbonyl (C=O) groups excluding carboxylic acids is 1. The van der Waals surface area contributed by atoms with Gasteiger partial charge in [0.2, 0.25) is 0 Å². The van der Waals surface area contributed by atoms with Crippen molar-refractivity contribution < 1.29 is 9.53 Å². The summed E-state index contributed by atoms with van der Waals surface area (Å²) < 4.78 is 5.13. The lowest BCUT2D eigenvalue weighted by Crippen LogP contribution is -2.32. The number of anilines is 1. The molecule has 25 heavy (non-hydrogen) atoms. The van der Waals surface area contributed by atoms with E-state index in [9.17, 15) is 4.79 Å². The highest BCUT2D eigenvalue weighted by Crippen LogP contribution is 2.26. The van der Waals surface area contributed by atoms with E-state index in [1.165, 1.54) is 36.0 Å². The summed E-state index contributed by atoms with van der Waals surface area (Å²) in [7, 11) is 1.62. The lowest BCUT2D eigenvalue weighted by molar-refractivity contribution is 0.248. The van der Waals surface area contributed by atoms with Crippen LogP contribution < -0.4 is 15.4 Å². The second-order valence-corrected chi connectivity index (χ2v) is 6.52. The molecule has 3 rings (SSSR count). The number of urea groups is 1. The molecule has 0 spiro atoms. The number of hydrogen-bond donors (Lipinski definition) is 2. The SMILES string of the molecule is CCC(NC(=O)Nc1ccc(OC)cc1)c1ccc2c(c1)CCCC2. The Balaban J connectivity index is 1.65. The first-order valence-electron chi connectivity index (χ1n) is 9.03. The van der Waals surface area contributed by atoms with Gasteiger partial charge in [0.1, 0.15) is 5.75 Å². The van der Waals surface area contributed by atoms with E-state index in [1.54, 1.807) is 7.11 Å². The third-order valence-electron chi connectivity index (χ3n) is 4.84. The smallest absolute Gasteiger partial charge is 0.319 e. The third kappa shape index (κ3) is 4.32. The summed E-state index contributed by atoms with van der Waals surface area (Å²) >= 11 is 0. The van der Waals surface area contributed by atoms with Crippen LogP contribution in [0.4, 0.5) is 10.5 Å². The number of amides is 2. The molecule has 1 aliphatic rings. The maximum absolute atomic E-state index is 12.3. The first-order valence-corrected chi connectivity index (χ1v) is 9.03. The van der Waals surface area contributed by atoms with Gasteiger partial charge in [-0.05, 0) is 73.1 Å². The summed E-state index contributed by atoms with van der Waals surface area (Å²) in [5, 5.41) is 5.97. The van der Waals surface area contributed by atoms with Crippen molar-refractivity contribution >= 4 is 11.7 Å². The second kappa shape index (κ2) is 8.06. The van der Waals surface area contributed by atoms with Gasteiger partial charge in [-0.3, -0.25) is 0 Å². The highest BCUT2D eigenvalue weighted by Gasteiger charge is 2.16. The van der Waals surface area contributed by atoms with Gasteiger partial charge in [-0.1, -0.05) is 25.1 Å². The van der Waals surface area contributed by atoms with Gasteiger partial charge in [-0.15, -0.1) is 0 Å². The minimum absolute atomic E-state index is 0.0190. The Kier molecular flexibility index (Phi) is 5.59. The monoisotopic (exact) mass is 338 g/mol. The van der Waals surface area contributed by atoms with Crippen LogP contribution in [0.15, 0.2) is 42.5 Å². The minimum Gasteiger partial charge on any atom is -0.497 e. The average molecular weight is 338 g/mol. The first-order chi connectivity index (χ1) is 12.2. The summed E-state index contributed by atoms with van der Waals surface area (Å²) in [5.41, 5.74) is 4.85. The van der Waals surface area contributed by atoms with Crippen LogP contribution in [0.1, 0.15) is 48.9 Å². The van der Waals surface area contributed by atoms with Crippen LogP contribution in [0.3, 0.4) is 0 Å². The molecule has 1 aliphatic carbocycles. The van der Waals surface area contributed by atoms with Crippen molar-refractivity contribution in [3.05, 3.63) is 59.2 Å². The largest absolute Gasteiger partial charge is 0.497 e. The lowest BCUT2D eigenvalue weighted by atomic mass is 9.89. The van der Waals surface area contributed by atoms with Crippen molar-refractivity contribution in [2.75, 3.05) is 12.4 Å². The fourth-order valence-corrected chi connectivity index (χ4v) is 3.39. The predicted octanol–water partition coefficient (Wildman–Crippen LogP) is 4.85. The molecule has 1 atom stereocenters. The van der Waals surface area contributed by atoms with Gasteiger partial charge in [-0.25, -0.2) is 4.79 Å². The summed E-state index contributed by atoms with van der Waals surface area (Å²) in [6.45, 7) is 2.10. The van der Waals surface area contributed by atoms with Crippen molar-refractivity contribution in [1.82, 2.24) is 5.32 Å². The first kappa shape index (κ1) is 17.3. The Morgan fingerprint density at radius 2 is 1.80 bits per heavy atom. The van der Waals surface area contributed by atoms with E-state index < -0.39 is 0 Å². The maximum Gasteiger partial charge on any atom is 0.319 e. The fraction of sp³-hybridized carbons (Fsp3) is 0.381. The van der Waals surface area contributed by atoms with Gasteiger partial charge in [0.25, 0.3) is 0 Å². The van der Waals surface area contributed by atoms with E-state index >= 15 is 0 Å². The number of hydrogen-bond acceptors (Lipinski definition) is 2. The summed E-state index contributed by atoms with van der Waals surface area (Å²) in [5.74, 6) is 0.770. The van der Waals surface area contributed by atoms with Crippen molar-refractivity contribution in [3.63, 3.8) is 0 Å². The highest BCUT2D eigenvalue weighted by atomic mass is 16.5. The van der Waals surface area contributed by atoms with Gasteiger partial charge < -0.3 is 15.4 Å². The molecule has 0 saturated heterocycles. The molecule has 132 valence electrons. The number of carbonyl (C=O) groups is 1. The van der Waals surface area contributed by atoms with Crippen LogP contribution in [0.2, 0.25) is 0 Å². The molecule has 4 heteroatoms. The molecule has 0 bridgehead atoms. The van der Waals surface area contributed by atoms with E-state index in [4.69, 9.17) is 4.74 Å². The number of rotatable bonds is 5. The maximum atomic E-state index is 12.3. The molecule has 0 radical (unpaired) electrons. The molecule has 0 heterocycles. The fourth-order valence-electron chi connectivity index (χ4n) is 3.39. The van der Waals surface area contributed by atoms with Crippen LogP contribution >= 0.6 is 0 Å². The van der Waals surface area contributed by atoms with E-state index in [0.29, 0.717) is 0 Å². The lowest BCUT2D eigenvalue weighted by Gasteiger charge is -2.22. The number of nitrogens with one attached hydrogen (secondary N) is 2. The molecule has 2 aromatic carbocycles. The number of ether oxygens (including phenoxy) is 1. The Bertz CT molecular complexity index is 725. The van der Waals surface area contributed by atoms with E-state index in [0.717, 1.165) is 24.3 Å². The minimum atomic E-state index is -0.185. The zero-order valence-corrected chi connectivity index (χ0v) is 15.0. The number of fused-ring (bicyclic) bond motifs is 1. The van der Waals surface area contributed by atoms with Gasteiger partial charge in [0.05, 0.1) is 13.2 Å². The van der Waals surface area contributed by atoms with E-state index in [2.05, 4.69) is 35.8 Å². The Morgan fingerprint density at radius 1 is 1.08 bits per heavy atom. The zero-order chi connectivity index (χ0) is 17.6. The molecule has 2 N–H and O–H groups in total. The van der Waals surface area contributed by atoms with Crippen molar-refractivity contribution in [2.24, 2.45) is 0 Å². The van der Waals surface area contributed by atoms with Gasteiger partial charge in [0.15, 0.2) is 0 Å². The number of methoxy groups -OCH3 is 1. The summed E-state index contributed by atoms with van der Waals surface area (Å²) in [6.07, 6.45) is 5.73. The molecule has 0 aliphatic heterocycles. The zero-order valence-electron chi connectivity index (χ0n) is 15.0. The van der Waals surface area contributed by atoms with Crippen LogP contribution in [0.5, 0.6) is 5.75 Å². The number of aryl methyl sites for hydroxylation is 2. The van der Waals surface area contributed by atoms with Crippen LogP contribution in [0.25, 0.3) is 0 Å². The summed E-state index contributed by atoms with van der Waals surface area (Å²) in [4.78, 5) is 12.3. The Labute approximate surface area is 149 Å². The van der Waals surface area contributed by atoms with Crippen molar-refractivity contribution in [2.45, 2.75) is 45.1 Å². The molecular weight excluding hydrogens is 312 g/mol. The van der Waals surface area contributed by atoms with Gasteiger partial charge >= 0.3 is 6.03 Å². The molecule has 1 unspecified atom stereocenters. The molecule has 0 aromatic heterocycles. The Hall–Kier alpha value is -2.49. The topological polar surface area (TPSA) is 50.4 Å². The van der Waals surface area contributed by atoms with Crippen LogP contribution in [0, 0.1) is 0 Å². The summed E-state index contributed by atoms with van der Waals surface area (Å²) in [6, 6.07) is 13.8. The molecular formula is C21H26N2O2. The van der Waals surface area contributed by atoms with E-state index in [-0.39, 0.29) is 12.1 Å². The molecule has 0 saturated carbocycles. The third-order valence-corrected chi connectivity index (χ3v) is 4.84. The van der Waals surface area contributed by atoms with Crippen LogP contribution in [-0.2, 0) is 12.8 Å². The highest BCUT2D eigenvalue weighted by molar-refractivity contribution is 5.89. The molecule has 4 nitrogen and oxygen atoms in total. The molecule has 0 fully saturated rings. The second-order valence-electron chi connectivity index (χ2n) is 6.52. The Morgan fingerprint density at radius 3 is 2.48 bits per heavy atom. The quantitative estimate of drug-likeness (QED) is 0.819. The van der Waals surface area contributed by atoms with Gasteiger partial charge in [-0.2, -0.15) is 0 Å². The predicted molar refractivity (Wildman–Crippen MR) is 101 cm³/mol. The normalized spacial score (nSPS) is 14.3. The molecule has 2 aromatic rings. The van der Waals surface area contributed by atoms with Crippen LogP contribution in [-0.4, -0.2) is 13.1 Å². The van der Waals surface area contributed by atoms with Crippen molar-refractivity contribution in [3.8, 4) is 5.75 Å².